The maximum Gasteiger partial charge on any atom is 0.122 e. The Hall–Kier alpha value is -0.120. The van der Waals surface area contributed by atoms with E-state index in [2.05, 4.69) is 23.9 Å². The largest absolute Gasteiger partial charge is 0.315 e. The van der Waals surface area contributed by atoms with Gasteiger partial charge in [-0.25, -0.2) is 0 Å². The minimum atomic E-state index is 0.896. The monoisotopic (exact) mass is 172 g/mol. The summed E-state index contributed by atoms with van der Waals surface area (Å²) in [6.45, 7) is 6.30. The van der Waals surface area contributed by atoms with Crippen molar-refractivity contribution in [2.24, 2.45) is 0 Å². The highest BCUT2D eigenvalue weighted by atomic mass is 15.2. The maximum atomic E-state index is 7.51. The van der Waals surface area contributed by atoms with E-state index in [1.165, 1.54) is 0 Å². The van der Waals surface area contributed by atoms with Gasteiger partial charge in [0.1, 0.15) is 1.41 Å². The summed E-state index contributed by atoms with van der Waals surface area (Å²) in [6, 6.07) is 0. The van der Waals surface area contributed by atoms with E-state index < -0.39 is 0 Å². The first-order valence-corrected chi connectivity index (χ1v) is 4.79. The topological polar surface area (TPSA) is 18.5 Å². The molecule has 1 fully saturated rings. The van der Waals surface area contributed by atoms with E-state index in [1.54, 1.807) is 5.31 Å². The van der Waals surface area contributed by atoms with Gasteiger partial charge >= 0.3 is 0 Å². The van der Waals surface area contributed by atoms with Gasteiger partial charge in [-0.2, -0.15) is 0 Å². The minimum Gasteiger partial charge on any atom is -0.315 e. The number of rotatable bonds is 3. The molecule has 0 aromatic heterocycles. The Morgan fingerprint density at radius 3 is 3.00 bits per heavy atom. The van der Waals surface area contributed by atoms with E-state index in [0.717, 1.165) is 45.7 Å². The molecule has 0 amide bonds. The van der Waals surface area contributed by atoms with Gasteiger partial charge in [-0.1, -0.05) is 0 Å². The fraction of sp³-hybridized carbons (Fsp3) is 1.00. The fourth-order valence-electron chi connectivity index (χ4n) is 1.41. The van der Waals surface area contributed by atoms with Crippen LogP contribution in [0.2, 0.25) is 1.41 Å². The zero-order valence-electron chi connectivity index (χ0n) is 9.29. The van der Waals surface area contributed by atoms with Crippen molar-refractivity contribution in [3.63, 3.8) is 0 Å². The maximum absolute atomic E-state index is 7.51. The third-order valence-electron chi connectivity index (χ3n) is 2.23. The van der Waals surface area contributed by atoms with Crippen LogP contribution in [0.3, 0.4) is 0 Å². The van der Waals surface area contributed by atoms with E-state index in [-0.39, 0.29) is 0 Å². The van der Waals surface area contributed by atoms with Crippen LogP contribution in [0.4, 0.5) is 0 Å². The Morgan fingerprint density at radius 1 is 1.42 bits per heavy atom. The zero-order valence-corrected chi connectivity index (χ0v) is 8.29. The van der Waals surface area contributed by atoms with Crippen molar-refractivity contribution in [1.29, 1.82) is 0 Å². The predicted molar refractivity (Wildman–Crippen MR) is 52.5 cm³/mol. The van der Waals surface area contributed by atoms with Gasteiger partial charge in [0, 0.05) is 26.2 Å². The van der Waals surface area contributed by atoms with Crippen LogP contribution in [0.25, 0.3) is 0 Å². The molecule has 0 aliphatic carbocycles. The third-order valence-corrected chi connectivity index (χ3v) is 2.23. The van der Waals surface area contributed by atoms with Crippen molar-refractivity contribution < 1.29 is 1.41 Å². The number of nitrogens with one attached hydrogen (secondary N) is 1. The highest BCUT2D eigenvalue weighted by molar-refractivity contribution is 4.66. The Balaban J connectivity index is 2.18. The van der Waals surface area contributed by atoms with Crippen LogP contribution in [0.5, 0.6) is 0 Å². The lowest BCUT2D eigenvalue weighted by atomic mass is 10.4. The van der Waals surface area contributed by atoms with Crippen molar-refractivity contribution in [3.05, 3.63) is 0 Å². The van der Waals surface area contributed by atoms with E-state index >= 15 is 0 Å². The molecule has 0 radical (unpaired) electrons. The highest BCUT2D eigenvalue weighted by Crippen LogP contribution is 1.94. The van der Waals surface area contributed by atoms with Gasteiger partial charge in [-0.15, -0.1) is 0 Å². The molecule has 12 heavy (non-hydrogen) atoms. The second-order valence-electron chi connectivity index (χ2n) is 3.67. The number of likely N-dealkylation sites (N-methyl/N-ethyl adjacent to an activating group) is 1. The number of hydrogen-bond acceptors (Lipinski definition) is 3. The first-order valence-electron chi connectivity index (χ1n) is 5.24. The zero-order chi connectivity index (χ0) is 9.68. The molecule has 0 unspecified atom stereocenters. The van der Waals surface area contributed by atoms with Gasteiger partial charge in [-0.05, 0) is 33.6 Å². The summed E-state index contributed by atoms with van der Waals surface area (Å²) in [5.41, 5.74) is 0. The average Bonchev–Trinajstić information content (AvgIpc) is 2.27. The lowest BCUT2D eigenvalue weighted by Crippen LogP contribution is -2.34. The molecule has 1 aliphatic rings. The Morgan fingerprint density at radius 2 is 2.25 bits per heavy atom. The molecule has 0 aromatic rings. The van der Waals surface area contributed by atoms with E-state index in [1.807, 2.05) is 0 Å². The summed E-state index contributed by atoms with van der Waals surface area (Å²) >= 11 is 0. The molecule has 1 N–H and O–H groups in total. The van der Waals surface area contributed by atoms with E-state index in [9.17, 15) is 0 Å². The summed E-state index contributed by atoms with van der Waals surface area (Å²) in [5.74, 6) is 0. The van der Waals surface area contributed by atoms with Crippen LogP contribution in [0.1, 0.15) is 6.42 Å². The molecule has 3 nitrogen and oxygen atoms in total. The van der Waals surface area contributed by atoms with Crippen LogP contribution in [-0.2, 0) is 0 Å². The first kappa shape index (κ1) is 8.48. The molecular formula is C9H21N3. The average molecular weight is 172 g/mol. The molecule has 1 saturated heterocycles. The van der Waals surface area contributed by atoms with Crippen LogP contribution in [0.15, 0.2) is 0 Å². The number of hydrogen-bond donors (Lipinski definition) is 1. The van der Waals surface area contributed by atoms with Crippen molar-refractivity contribution >= 4 is 0 Å². The lowest BCUT2D eigenvalue weighted by molar-refractivity contribution is 0.254. The Labute approximate surface area is 77.2 Å². The molecule has 0 saturated carbocycles. The second-order valence-corrected chi connectivity index (χ2v) is 3.67. The molecule has 1 aliphatic heterocycles. The van der Waals surface area contributed by atoms with Crippen LogP contribution >= 0.6 is 0 Å². The second kappa shape index (κ2) is 5.51. The summed E-state index contributed by atoms with van der Waals surface area (Å²) in [5, 5.41) is 1.68. The Bertz CT molecular complexity index is 141. The minimum absolute atomic E-state index is 0.896. The first-order chi connectivity index (χ1) is 6.18. The van der Waals surface area contributed by atoms with Crippen molar-refractivity contribution in [1.82, 2.24) is 15.1 Å². The van der Waals surface area contributed by atoms with Gasteiger partial charge in [0.25, 0.3) is 0 Å². The van der Waals surface area contributed by atoms with Gasteiger partial charge in [0.15, 0.2) is 0 Å². The summed E-state index contributed by atoms with van der Waals surface area (Å²) < 4.78 is 7.51. The highest BCUT2D eigenvalue weighted by Gasteiger charge is 2.07. The fourth-order valence-corrected chi connectivity index (χ4v) is 1.41. The Kier molecular flexibility index (Phi) is 3.89. The predicted octanol–water partition coefficient (Wildman–Crippen LogP) is -0.157. The molecule has 0 spiro atoms. The standard InChI is InChI=1S/C9H21N3/c1-11(2)8-9-12-6-3-4-10-5-7-12/h10H,3-9H2,1-2H3/i/hD. The van der Waals surface area contributed by atoms with Crippen molar-refractivity contribution in [2.75, 3.05) is 53.4 Å². The SMILES string of the molecule is [2H]N1CCCN(CCN(C)C)CC1. The molecule has 1 heterocycles. The van der Waals surface area contributed by atoms with Crippen LogP contribution in [0, 0.1) is 0 Å². The summed E-state index contributed by atoms with van der Waals surface area (Å²) in [7, 11) is 4.21. The lowest BCUT2D eigenvalue weighted by Gasteiger charge is -2.21. The molecule has 0 aromatic carbocycles. The molecule has 0 atom stereocenters. The molecule has 3 heteroatoms. The summed E-state index contributed by atoms with van der Waals surface area (Å²) in [6.07, 6.45) is 1.14. The van der Waals surface area contributed by atoms with Crippen molar-refractivity contribution in [2.45, 2.75) is 6.42 Å². The van der Waals surface area contributed by atoms with Crippen molar-refractivity contribution in [3.8, 4) is 0 Å². The molecule has 1 rings (SSSR count). The molecular weight excluding hydrogens is 150 g/mol. The summed E-state index contributed by atoms with van der Waals surface area (Å²) in [4.78, 5) is 4.66. The number of nitrogens with zero attached hydrogens (tertiary/aromatic N) is 2. The van der Waals surface area contributed by atoms with Gasteiger partial charge < -0.3 is 15.1 Å². The van der Waals surface area contributed by atoms with Gasteiger partial charge in [-0.3, -0.25) is 0 Å². The van der Waals surface area contributed by atoms with Gasteiger partial charge in [0.2, 0.25) is 0 Å². The van der Waals surface area contributed by atoms with E-state index in [0.29, 0.717) is 0 Å². The normalized spacial score (nSPS) is 24.1. The molecule has 0 bridgehead atoms. The third kappa shape index (κ3) is 4.04. The molecule has 72 valence electrons. The quantitative estimate of drug-likeness (QED) is 0.638. The van der Waals surface area contributed by atoms with Crippen LogP contribution < -0.4 is 5.31 Å². The van der Waals surface area contributed by atoms with Gasteiger partial charge in [0.05, 0.1) is 0 Å². The smallest absolute Gasteiger partial charge is 0.122 e. The van der Waals surface area contributed by atoms with E-state index in [4.69, 9.17) is 1.41 Å². The van der Waals surface area contributed by atoms with Crippen LogP contribution in [-0.4, -0.2) is 63.2 Å².